The Kier molecular flexibility index (Phi) is 7.17. The van der Waals surface area contributed by atoms with Gasteiger partial charge in [-0.05, 0) is 74.4 Å². The summed E-state index contributed by atoms with van der Waals surface area (Å²) in [7, 11) is 3.78. The number of ether oxygens (including phenoxy) is 1. The SMILES string of the molecule is COc1cc2c(cc1/C=C1/SC(=Nc3ccccc3)N(CCc3ccccc3)C1=O)C(C)=CC(C)(C)N2C. The number of thioether (sulfide) groups is 1. The van der Waals surface area contributed by atoms with Crippen LogP contribution in [0.4, 0.5) is 11.4 Å². The first-order chi connectivity index (χ1) is 18.3. The lowest BCUT2D eigenvalue weighted by molar-refractivity contribution is -0.122. The number of carbonyl (C=O) groups is 1. The number of fused-ring (bicyclic) bond motifs is 1. The first-order valence-corrected chi connectivity index (χ1v) is 13.6. The number of benzene rings is 3. The van der Waals surface area contributed by atoms with Gasteiger partial charge in [-0.3, -0.25) is 9.69 Å². The topological polar surface area (TPSA) is 45.1 Å². The maximum Gasteiger partial charge on any atom is 0.266 e. The van der Waals surface area contributed by atoms with Gasteiger partial charge in [0.25, 0.3) is 5.91 Å². The number of anilines is 1. The summed E-state index contributed by atoms with van der Waals surface area (Å²) in [5, 5.41) is 0.692. The van der Waals surface area contributed by atoms with Crippen LogP contribution >= 0.6 is 11.8 Å². The number of hydrogen-bond acceptors (Lipinski definition) is 5. The molecule has 0 aliphatic carbocycles. The minimum atomic E-state index is -0.0958. The van der Waals surface area contributed by atoms with Crippen LogP contribution in [0.3, 0.4) is 0 Å². The maximum absolute atomic E-state index is 13.7. The average molecular weight is 524 g/mol. The number of carbonyl (C=O) groups excluding carboxylic acids is 1. The van der Waals surface area contributed by atoms with Crippen molar-refractivity contribution in [2.45, 2.75) is 32.7 Å². The van der Waals surface area contributed by atoms with Crippen LogP contribution in [0.5, 0.6) is 5.75 Å². The van der Waals surface area contributed by atoms with Crippen molar-refractivity contribution in [2.75, 3.05) is 25.6 Å². The van der Waals surface area contributed by atoms with Gasteiger partial charge in [0, 0.05) is 36.5 Å². The fraction of sp³-hybridized carbons (Fsp3) is 0.250. The van der Waals surface area contributed by atoms with Gasteiger partial charge in [0.05, 0.1) is 23.2 Å². The zero-order valence-electron chi connectivity index (χ0n) is 22.6. The van der Waals surface area contributed by atoms with Crippen molar-refractivity contribution in [2.24, 2.45) is 4.99 Å². The van der Waals surface area contributed by atoms with Crippen LogP contribution in [0.1, 0.15) is 37.5 Å². The zero-order valence-corrected chi connectivity index (χ0v) is 23.4. The van der Waals surface area contributed by atoms with Gasteiger partial charge in [-0.15, -0.1) is 0 Å². The molecule has 194 valence electrons. The summed E-state index contributed by atoms with van der Waals surface area (Å²) in [5.41, 5.74) is 6.28. The molecule has 1 saturated heterocycles. The molecular formula is C32H33N3O2S. The van der Waals surface area contributed by atoms with Gasteiger partial charge in [-0.25, -0.2) is 4.99 Å². The lowest BCUT2D eigenvalue weighted by Gasteiger charge is -2.41. The van der Waals surface area contributed by atoms with E-state index in [9.17, 15) is 4.79 Å². The summed E-state index contributed by atoms with van der Waals surface area (Å²) in [6, 6.07) is 24.2. The molecule has 1 fully saturated rings. The van der Waals surface area contributed by atoms with E-state index >= 15 is 0 Å². The van der Waals surface area contributed by atoms with Crippen LogP contribution in [-0.4, -0.2) is 42.2 Å². The normalized spacial score (nSPS) is 18.7. The summed E-state index contributed by atoms with van der Waals surface area (Å²) in [6.45, 7) is 7.10. The summed E-state index contributed by atoms with van der Waals surface area (Å²) >= 11 is 1.42. The van der Waals surface area contributed by atoms with Crippen molar-refractivity contribution in [1.82, 2.24) is 4.90 Å². The molecule has 0 spiro atoms. The number of amidine groups is 1. The highest BCUT2D eigenvalue weighted by Crippen LogP contribution is 2.43. The van der Waals surface area contributed by atoms with Crippen LogP contribution in [0, 0.1) is 0 Å². The van der Waals surface area contributed by atoms with Gasteiger partial charge in [0.2, 0.25) is 0 Å². The van der Waals surface area contributed by atoms with Crippen LogP contribution in [0.25, 0.3) is 11.6 Å². The van der Waals surface area contributed by atoms with Crippen molar-refractivity contribution in [3.05, 3.63) is 100 Å². The third-order valence-corrected chi connectivity index (χ3v) is 8.20. The summed E-state index contributed by atoms with van der Waals surface area (Å²) in [4.78, 5) is 23.3. The van der Waals surface area contributed by atoms with Crippen LogP contribution in [0.15, 0.2) is 88.8 Å². The molecule has 5 nitrogen and oxygen atoms in total. The largest absolute Gasteiger partial charge is 0.496 e. The molecule has 0 radical (unpaired) electrons. The van der Waals surface area contributed by atoms with E-state index in [-0.39, 0.29) is 11.4 Å². The van der Waals surface area contributed by atoms with Crippen molar-refractivity contribution in [3.8, 4) is 5.75 Å². The Labute approximate surface area is 229 Å². The van der Waals surface area contributed by atoms with E-state index in [0.717, 1.165) is 34.7 Å². The number of allylic oxidation sites excluding steroid dienone is 1. The lowest BCUT2D eigenvalue weighted by Crippen LogP contribution is -2.42. The molecule has 0 bridgehead atoms. The Morgan fingerprint density at radius 3 is 2.39 bits per heavy atom. The number of aliphatic imine (C=N–C) groups is 1. The number of rotatable bonds is 6. The van der Waals surface area contributed by atoms with E-state index in [1.807, 2.05) is 54.6 Å². The molecule has 0 unspecified atom stereocenters. The Balaban J connectivity index is 1.52. The fourth-order valence-electron chi connectivity index (χ4n) is 4.91. The number of nitrogens with zero attached hydrogens (tertiary/aromatic N) is 3. The second kappa shape index (κ2) is 10.5. The molecule has 38 heavy (non-hydrogen) atoms. The van der Waals surface area contributed by atoms with Gasteiger partial charge < -0.3 is 9.64 Å². The second-order valence-corrected chi connectivity index (χ2v) is 11.2. The molecule has 3 aromatic rings. The molecule has 5 rings (SSSR count). The summed E-state index contributed by atoms with van der Waals surface area (Å²) in [5.74, 6) is 0.706. The van der Waals surface area contributed by atoms with E-state index in [1.54, 1.807) is 12.0 Å². The van der Waals surface area contributed by atoms with Crippen LogP contribution < -0.4 is 9.64 Å². The number of para-hydroxylation sites is 1. The number of methoxy groups -OCH3 is 1. The number of amides is 1. The molecule has 0 saturated carbocycles. The highest BCUT2D eigenvalue weighted by molar-refractivity contribution is 8.18. The molecule has 0 aromatic heterocycles. The van der Waals surface area contributed by atoms with Crippen molar-refractivity contribution in [1.29, 1.82) is 0 Å². The average Bonchev–Trinajstić information content (AvgIpc) is 3.20. The van der Waals surface area contributed by atoms with Gasteiger partial charge in [0.1, 0.15) is 5.75 Å². The Morgan fingerprint density at radius 2 is 1.71 bits per heavy atom. The standard InChI is InChI=1S/C32H33N3O2S/c1-22-21-32(2,3)34(4)27-20-28(37-5)24(18-26(22)27)19-29-30(36)35(17-16-23-12-8-6-9-13-23)31(38-29)33-25-14-10-7-11-15-25/h6-15,18-21H,16-17H2,1-5H3/b29-19+,33-31?. The van der Waals surface area contributed by atoms with Gasteiger partial charge in [0.15, 0.2) is 5.17 Å². The zero-order chi connectivity index (χ0) is 26.9. The Hall–Kier alpha value is -3.77. The lowest BCUT2D eigenvalue weighted by atomic mass is 9.88. The minimum Gasteiger partial charge on any atom is -0.496 e. The molecule has 3 aromatic carbocycles. The highest BCUT2D eigenvalue weighted by Gasteiger charge is 2.34. The quantitative estimate of drug-likeness (QED) is 0.321. The number of hydrogen-bond donors (Lipinski definition) is 0. The van der Waals surface area contributed by atoms with E-state index in [4.69, 9.17) is 9.73 Å². The van der Waals surface area contributed by atoms with Crippen molar-refractivity contribution < 1.29 is 9.53 Å². The summed E-state index contributed by atoms with van der Waals surface area (Å²) < 4.78 is 5.81. The second-order valence-electron chi connectivity index (χ2n) is 10.2. The first kappa shape index (κ1) is 25.9. The third-order valence-electron chi connectivity index (χ3n) is 7.19. The smallest absolute Gasteiger partial charge is 0.266 e. The maximum atomic E-state index is 13.7. The predicted octanol–water partition coefficient (Wildman–Crippen LogP) is 7.17. The molecule has 2 heterocycles. The van der Waals surface area contributed by atoms with Crippen molar-refractivity contribution >= 4 is 45.9 Å². The molecule has 0 N–H and O–H groups in total. The minimum absolute atomic E-state index is 0.0362. The van der Waals surface area contributed by atoms with Gasteiger partial charge >= 0.3 is 0 Å². The molecule has 1 amide bonds. The van der Waals surface area contributed by atoms with Crippen molar-refractivity contribution in [3.63, 3.8) is 0 Å². The molecule has 6 heteroatoms. The van der Waals surface area contributed by atoms with E-state index in [2.05, 4.69) is 63.1 Å². The van der Waals surface area contributed by atoms with E-state index < -0.39 is 0 Å². The van der Waals surface area contributed by atoms with Crippen LogP contribution in [0.2, 0.25) is 0 Å². The molecule has 2 aliphatic rings. The molecular weight excluding hydrogens is 490 g/mol. The number of likely N-dealkylation sites (N-methyl/N-ethyl adjacent to an activating group) is 1. The predicted molar refractivity (Wildman–Crippen MR) is 160 cm³/mol. The van der Waals surface area contributed by atoms with E-state index in [1.165, 1.54) is 22.9 Å². The Bertz CT molecular complexity index is 1440. The third kappa shape index (κ3) is 5.14. The fourth-order valence-corrected chi connectivity index (χ4v) is 5.93. The molecule has 2 aliphatic heterocycles. The summed E-state index contributed by atoms with van der Waals surface area (Å²) in [6.07, 6.45) is 4.98. The van der Waals surface area contributed by atoms with E-state index in [0.29, 0.717) is 16.6 Å². The van der Waals surface area contributed by atoms with Gasteiger partial charge in [-0.2, -0.15) is 0 Å². The Morgan fingerprint density at radius 1 is 1.03 bits per heavy atom. The first-order valence-electron chi connectivity index (χ1n) is 12.8. The molecule has 0 atom stereocenters. The van der Waals surface area contributed by atoms with Gasteiger partial charge in [-0.1, -0.05) is 54.6 Å². The monoisotopic (exact) mass is 523 g/mol. The van der Waals surface area contributed by atoms with Crippen LogP contribution in [-0.2, 0) is 11.2 Å². The highest BCUT2D eigenvalue weighted by atomic mass is 32.2.